The summed E-state index contributed by atoms with van der Waals surface area (Å²) in [6, 6.07) is 12.3. The molecule has 10 heteroatoms. The van der Waals surface area contributed by atoms with Crippen molar-refractivity contribution < 1.29 is 31.1 Å². The van der Waals surface area contributed by atoms with Gasteiger partial charge < -0.3 is 14.8 Å². The minimum atomic E-state index is -4.47. The zero-order valence-electron chi connectivity index (χ0n) is 19.7. The molecule has 0 aliphatic rings. The Morgan fingerprint density at radius 1 is 0.889 bits per heavy atom. The predicted octanol–water partition coefficient (Wildman–Crippen LogP) is 7.80. The second kappa shape index (κ2) is 11.5. The van der Waals surface area contributed by atoms with Gasteiger partial charge in [-0.15, -0.1) is 0 Å². The van der Waals surface area contributed by atoms with Crippen LogP contribution in [0.4, 0.5) is 36.8 Å². The van der Waals surface area contributed by atoms with Crippen molar-refractivity contribution in [3.05, 3.63) is 89.2 Å². The Morgan fingerprint density at radius 3 is 2.22 bits per heavy atom. The van der Waals surface area contributed by atoms with E-state index >= 15 is 0 Å². The van der Waals surface area contributed by atoms with Crippen LogP contribution < -0.4 is 5.32 Å². The fraction of sp³-hybridized carbons (Fsp3) is 0.346. The number of amides is 2. The molecule has 1 heterocycles. The van der Waals surface area contributed by atoms with E-state index in [4.69, 9.17) is 0 Å². The Morgan fingerprint density at radius 2 is 1.58 bits per heavy atom. The van der Waals surface area contributed by atoms with Gasteiger partial charge in [-0.3, -0.25) is 0 Å². The summed E-state index contributed by atoms with van der Waals surface area (Å²) in [6.45, 7) is 2.81. The third-order valence-corrected chi connectivity index (χ3v) is 5.67. The van der Waals surface area contributed by atoms with Gasteiger partial charge in [0.1, 0.15) is 0 Å². The first-order valence-electron chi connectivity index (χ1n) is 11.5. The zero-order chi connectivity index (χ0) is 26.3. The van der Waals surface area contributed by atoms with E-state index in [1.54, 1.807) is 33.9 Å². The predicted molar refractivity (Wildman–Crippen MR) is 125 cm³/mol. The summed E-state index contributed by atoms with van der Waals surface area (Å²) in [5.41, 5.74) is -0.133. The van der Waals surface area contributed by atoms with Crippen molar-refractivity contribution in [2.24, 2.45) is 0 Å². The molecule has 0 bridgehead atoms. The molecule has 2 aromatic carbocycles. The van der Waals surface area contributed by atoms with Gasteiger partial charge in [0, 0.05) is 30.7 Å². The monoisotopic (exact) mass is 511 g/mol. The number of halogens is 6. The first-order valence-corrected chi connectivity index (χ1v) is 11.5. The fourth-order valence-electron chi connectivity index (χ4n) is 3.74. The summed E-state index contributed by atoms with van der Waals surface area (Å²) in [5, 5.41) is 2.64. The molecule has 0 saturated carbocycles. The normalized spacial score (nSPS) is 12.0. The second-order valence-electron chi connectivity index (χ2n) is 8.46. The molecule has 1 N–H and O–H groups in total. The fourth-order valence-corrected chi connectivity index (χ4v) is 3.74. The van der Waals surface area contributed by atoms with Crippen molar-refractivity contribution >= 4 is 11.7 Å². The van der Waals surface area contributed by atoms with Gasteiger partial charge in [-0.1, -0.05) is 31.9 Å². The Balaban J connectivity index is 1.74. The summed E-state index contributed by atoms with van der Waals surface area (Å²) in [5.74, 6) is 0. The SMILES string of the molecule is CCCCCN(Cc1cccn1Cc1cccc(C(F)(F)F)c1)C(=O)Nc1ccc(C(F)(F)F)cc1. The van der Waals surface area contributed by atoms with Crippen molar-refractivity contribution in [1.29, 1.82) is 0 Å². The van der Waals surface area contributed by atoms with Crippen LogP contribution >= 0.6 is 0 Å². The quantitative estimate of drug-likeness (QED) is 0.231. The highest BCUT2D eigenvalue weighted by Gasteiger charge is 2.31. The van der Waals surface area contributed by atoms with Crippen molar-refractivity contribution in [2.75, 3.05) is 11.9 Å². The molecule has 1 aromatic heterocycles. The van der Waals surface area contributed by atoms with E-state index < -0.39 is 29.5 Å². The van der Waals surface area contributed by atoms with E-state index in [-0.39, 0.29) is 18.8 Å². The first kappa shape index (κ1) is 27.2. The number of carbonyl (C=O) groups excluding carboxylic acids is 1. The summed E-state index contributed by atoms with van der Waals surface area (Å²) < 4.78 is 79.5. The number of nitrogens with zero attached hydrogens (tertiary/aromatic N) is 2. The summed E-state index contributed by atoms with van der Waals surface area (Å²) in [7, 11) is 0. The maximum absolute atomic E-state index is 13.1. The molecule has 0 radical (unpaired) electrons. The smallest absolute Gasteiger partial charge is 0.345 e. The Bertz CT molecular complexity index is 1140. The summed E-state index contributed by atoms with van der Waals surface area (Å²) in [6.07, 6.45) is -4.64. The van der Waals surface area contributed by atoms with E-state index in [0.717, 1.165) is 43.5 Å². The van der Waals surface area contributed by atoms with E-state index in [1.165, 1.54) is 18.2 Å². The molecular weight excluding hydrogens is 484 g/mol. The maximum Gasteiger partial charge on any atom is 0.416 e. The molecule has 0 fully saturated rings. The van der Waals surface area contributed by atoms with Crippen molar-refractivity contribution in [2.45, 2.75) is 51.6 Å². The minimum absolute atomic E-state index is 0.183. The van der Waals surface area contributed by atoms with E-state index in [0.29, 0.717) is 17.8 Å². The third kappa shape index (κ3) is 7.53. The van der Waals surface area contributed by atoms with Gasteiger partial charge >= 0.3 is 18.4 Å². The number of aromatic nitrogens is 1. The van der Waals surface area contributed by atoms with Gasteiger partial charge in [-0.05, 0) is 60.5 Å². The van der Waals surface area contributed by atoms with Gasteiger partial charge in [0.2, 0.25) is 0 Å². The lowest BCUT2D eigenvalue weighted by Gasteiger charge is -2.24. The van der Waals surface area contributed by atoms with Gasteiger partial charge in [0.05, 0.1) is 17.7 Å². The minimum Gasteiger partial charge on any atom is -0.345 e. The van der Waals surface area contributed by atoms with E-state index in [1.807, 2.05) is 6.92 Å². The van der Waals surface area contributed by atoms with Crippen LogP contribution in [0.3, 0.4) is 0 Å². The molecule has 4 nitrogen and oxygen atoms in total. The first-order chi connectivity index (χ1) is 17.0. The number of unbranched alkanes of at least 4 members (excludes halogenated alkanes) is 2. The molecule has 194 valence electrons. The molecule has 3 aromatic rings. The largest absolute Gasteiger partial charge is 0.416 e. The van der Waals surface area contributed by atoms with Crippen LogP contribution in [-0.2, 0) is 25.4 Å². The molecule has 0 spiro atoms. The van der Waals surface area contributed by atoms with Crippen LogP contribution in [-0.4, -0.2) is 22.0 Å². The molecule has 0 aliphatic heterocycles. The molecule has 0 saturated heterocycles. The van der Waals surface area contributed by atoms with Crippen molar-refractivity contribution in [3.63, 3.8) is 0 Å². The highest BCUT2D eigenvalue weighted by Crippen LogP contribution is 2.31. The Hall–Kier alpha value is -3.43. The Kier molecular flexibility index (Phi) is 8.70. The zero-order valence-corrected chi connectivity index (χ0v) is 19.7. The highest BCUT2D eigenvalue weighted by molar-refractivity contribution is 5.89. The maximum atomic E-state index is 13.1. The van der Waals surface area contributed by atoms with Crippen LogP contribution in [0.5, 0.6) is 0 Å². The third-order valence-electron chi connectivity index (χ3n) is 5.67. The number of hydrogen-bond donors (Lipinski definition) is 1. The van der Waals surface area contributed by atoms with Gasteiger partial charge in [0.15, 0.2) is 0 Å². The van der Waals surface area contributed by atoms with Gasteiger partial charge in [0.25, 0.3) is 0 Å². The number of alkyl halides is 6. The molecule has 2 amide bonds. The van der Waals surface area contributed by atoms with Crippen molar-refractivity contribution in [1.82, 2.24) is 9.47 Å². The van der Waals surface area contributed by atoms with E-state index in [9.17, 15) is 31.1 Å². The highest BCUT2D eigenvalue weighted by atomic mass is 19.4. The van der Waals surface area contributed by atoms with Crippen LogP contribution in [0.15, 0.2) is 66.9 Å². The van der Waals surface area contributed by atoms with Gasteiger partial charge in [-0.2, -0.15) is 26.3 Å². The molecule has 0 atom stereocenters. The molecular formula is C26H27F6N3O. The number of hydrogen-bond acceptors (Lipinski definition) is 1. The number of rotatable bonds is 9. The van der Waals surface area contributed by atoms with Gasteiger partial charge in [-0.25, -0.2) is 4.79 Å². The van der Waals surface area contributed by atoms with Crippen LogP contribution in [0.1, 0.15) is 48.6 Å². The second-order valence-corrected chi connectivity index (χ2v) is 8.46. The number of benzene rings is 2. The Labute approximate surface area is 205 Å². The molecule has 0 aliphatic carbocycles. The topological polar surface area (TPSA) is 37.3 Å². The lowest BCUT2D eigenvalue weighted by Crippen LogP contribution is -2.36. The van der Waals surface area contributed by atoms with E-state index in [2.05, 4.69) is 5.32 Å². The van der Waals surface area contributed by atoms with Crippen molar-refractivity contribution in [3.8, 4) is 0 Å². The number of carbonyl (C=O) groups is 1. The standard InChI is InChI=1S/C26H27F6N3O/c1-2-3-4-14-35(24(36)33-22-12-10-20(11-13-22)25(27,28)29)18-23-9-6-15-34(23)17-19-7-5-8-21(16-19)26(30,31)32/h5-13,15-16H,2-4,14,17-18H2,1H3,(H,33,36). The average molecular weight is 512 g/mol. The average Bonchev–Trinajstić information content (AvgIpc) is 3.24. The summed E-state index contributed by atoms with van der Waals surface area (Å²) >= 11 is 0. The lowest BCUT2D eigenvalue weighted by atomic mass is 10.1. The molecule has 3 rings (SSSR count). The number of nitrogens with one attached hydrogen (secondary N) is 1. The van der Waals surface area contributed by atoms with Crippen LogP contribution in [0.25, 0.3) is 0 Å². The summed E-state index contributed by atoms with van der Waals surface area (Å²) in [4.78, 5) is 14.5. The molecule has 36 heavy (non-hydrogen) atoms. The lowest BCUT2D eigenvalue weighted by molar-refractivity contribution is -0.138. The number of urea groups is 1. The number of anilines is 1. The van der Waals surface area contributed by atoms with Crippen LogP contribution in [0.2, 0.25) is 0 Å². The molecule has 0 unspecified atom stereocenters. The van der Waals surface area contributed by atoms with Crippen LogP contribution in [0, 0.1) is 0 Å².